The number of nitrogens with zero attached hydrogens (tertiary/aromatic N) is 4. The number of aryl methyl sites for hydroxylation is 2. The molecule has 0 unspecified atom stereocenters. The van der Waals surface area contributed by atoms with E-state index in [-0.39, 0.29) is 37.4 Å². The third-order valence-electron chi connectivity index (χ3n) is 13.0. The van der Waals surface area contributed by atoms with E-state index in [2.05, 4.69) is 173 Å². The molecule has 0 amide bonds. The van der Waals surface area contributed by atoms with Crippen LogP contribution in [0, 0.1) is 25.9 Å². The Bertz CT molecular complexity index is 3470. The molecule has 1 radical (unpaired) electrons. The van der Waals surface area contributed by atoms with Gasteiger partial charge >= 0.3 is 165 Å². The van der Waals surface area contributed by atoms with Crippen molar-refractivity contribution in [2.45, 2.75) is 89.8 Å². The van der Waals surface area contributed by atoms with E-state index in [1.54, 1.807) is 12.1 Å². The van der Waals surface area contributed by atoms with E-state index in [1.165, 1.54) is 43.5 Å². The molecule has 10 aromatic rings. The van der Waals surface area contributed by atoms with Crippen LogP contribution in [0.3, 0.4) is 0 Å². The maximum Gasteiger partial charge on any atom is 0 e. The number of aromatic nitrogens is 4. The molecule has 7 heteroatoms. The van der Waals surface area contributed by atoms with E-state index in [0.29, 0.717) is 5.56 Å². The minimum atomic E-state index is -2.18. The molecule has 345 valence electrons. The molecular formula is C61H60GeIrN4O-2. The minimum absolute atomic E-state index is 0. The summed E-state index contributed by atoms with van der Waals surface area (Å²) in [7, 11) is 0. The van der Waals surface area contributed by atoms with Gasteiger partial charge in [0.2, 0.25) is 0 Å². The zero-order valence-electron chi connectivity index (χ0n) is 43.6. The van der Waals surface area contributed by atoms with Crippen LogP contribution in [0.25, 0.3) is 72.6 Å². The standard InChI is InChI=1S/C37H32N3O.C24H28GeN.Ir/c1-22(2)30-20-26(25-12-7-6-8-13-25)21-31(23(3)4)34(30)40-33-24(5)18-19-38-36(33)39-37(40)29-16-11-15-28-27-14-9-10-17-32(27)41-35(28)29;1-18-12-14-19(15-13-18)23-16-21(22(17-26-23)25(4,5)6)24(2,3)20-10-8-7-9-11-20;/h6-15,17-23H,1-5H3;7-14,16-17H,1-6H3;/q2*-1;/i;1D3;. The molecule has 0 saturated heterocycles. The van der Waals surface area contributed by atoms with Gasteiger partial charge in [0.05, 0.1) is 16.9 Å². The third-order valence-corrected chi connectivity index (χ3v) is 17.3. The molecular weight excluding hydrogens is 1070 g/mol. The summed E-state index contributed by atoms with van der Waals surface area (Å²) in [5.74, 6) is 8.51. The van der Waals surface area contributed by atoms with Gasteiger partial charge in [0.15, 0.2) is 5.65 Å². The first kappa shape index (κ1) is 44.6. The average molecular weight is 1130 g/mol. The monoisotopic (exact) mass is 1130 g/mol. The van der Waals surface area contributed by atoms with E-state index in [9.17, 15) is 0 Å². The molecule has 10 rings (SSSR count). The van der Waals surface area contributed by atoms with Gasteiger partial charge in [0.25, 0.3) is 0 Å². The van der Waals surface area contributed by atoms with Gasteiger partial charge in [-0.05, 0) is 70.8 Å². The fourth-order valence-corrected chi connectivity index (χ4v) is 12.8. The smallest absolute Gasteiger partial charge is 0 e. The van der Waals surface area contributed by atoms with Gasteiger partial charge in [-0.1, -0.05) is 87.2 Å². The first-order valence-corrected chi connectivity index (χ1v) is 30.7. The topological polar surface area (TPSA) is 56.7 Å². The molecule has 0 aliphatic rings. The number of hydrogen-bond acceptors (Lipinski definition) is 4. The number of para-hydroxylation sites is 1. The summed E-state index contributed by atoms with van der Waals surface area (Å²) in [4.78, 5) is 14.7. The summed E-state index contributed by atoms with van der Waals surface area (Å²) in [6, 6.07) is 54.1. The molecule has 0 spiro atoms. The van der Waals surface area contributed by atoms with Crippen LogP contribution in [0.2, 0.25) is 17.3 Å². The summed E-state index contributed by atoms with van der Waals surface area (Å²) >= 11 is -2.18. The first-order valence-electron chi connectivity index (χ1n) is 24.8. The number of benzene rings is 6. The van der Waals surface area contributed by atoms with Gasteiger partial charge in [-0.15, -0.1) is 18.2 Å². The van der Waals surface area contributed by atoms with Crippen molar-refractivity contribution in [2.24, 2.45) is 0 Å². The Hall–Kier alpha value is -5.92. The van der Waals surface area contributed by atoms with Gasteiger partial charge in [-0.25, -0.2) is 4.98 Å². The van der Waals surface area contributed by atoms with Crippen LogP contribution >= 0.6 is 0 Å². The molecule has 6 aromatic carbocycles. The van der Waals surface area contributed by atoms with Crippen LogP contribution in [-0.4, -0.2) is 32.8 Å². The van der Waals surface area contributed by atoms with Crippen molar-refractivity contribution >= 4 is 50.8 Å². The molecule has 68 heavy (non-hydrogen) atoms. The molecule has 0 fully saturated rings. The van der Waals surface area contributed by atoms with Gasteiger partial charge in [-0.2, -0.15) is 0 Å². The molecule has 5 nitrogen and oxygen atoms in total. The first-order chi connectivity index (χ1) is 33.3. The second-order valence-corrected chi connectivity index (χ2v) is 30.4. The Morgan fingerprint density at radius 3 is 2.06 bits per heavy atom. The maximum absolute atomic E-state index is 7.56. The molecule has 0 atom stereocenters. The van der Waals surface area contributed by atoms with E-state index in [4.69, 9.17) is 23.5 Å². The Kier molecular flexibility index (Phi) is 12.8. The molecule has 0 bridgehead atoms. The predicted octanol–water partition coefficient (Wildman–Crippen LogP) is 15.7. The van der Waals surface area contributed by atoms with Gasteiger partial charge in [0, 0.05) is 37.4 Å². The SMILES string of the molecule is Cc1ccnc2nc(-c3[c-]ccc4c3oc3ccccc34)n(-c3c(C(C)C)cc(-c4ccccc4)cc3C(C)C)c12.[2H]C([2H])([2H])c1c[c-]c(-c2cc(C(C)(C)c3ccccc3)[c]([Ge]([CH3])([CH3])[CH3])cn2)cc1.[Ir]. The second kappa shape index (κ2) is 19.6. The van der Waals surface area contributed by atoms with Crippen molar-refractivity contribution in [3.05, 3.63) is 197 Å². The fraction of sp³-hybridized carbons (Fsp3) is 0.230. The number of fused-ring (bicyclic) bond motifs is 4. The zero-order valence-corrected chi connectivity index (χ0v) is 45.1. The summed E-state index contributed by atoms with van der Waals surface area (Å²) < 4.78 is 32.9. The number of imidazole rings is 1. The van der Waals surface area contributed by atoms with Crippen molar-refractivity contribution < 1.29 is 28.6 Å². The molecule has 4 aromatic heterocycles. The van der Waals surface area contributed by atoms with Crippen LogP contribution in [-0.2, 0) is 25.5 Å². The van der Waals surface area contributed by atoms with Gasteiger partial charge in [-0.3, -0.25) is 4.98 Å². The van der Waals surface area contributed by atoms with Gasteiger partial charge < -0.3 is 8.98 Å². The largest absolute Gasteiger partial charge is 0 e. The fourth-order valence-electron chi connectivity index (χ4n) is 9.32. The number of hydrogen-bond donors (Lipinski definition) is 0. The Balaban J connectivity index is 0.000000200. The number of pyridine rings is 2. The van der Waals surface area contributed by atoms with Crippen LogP contribution in [0.1, 0.15) is 90.9 Å². The van der Waals surface area contributed by atoms with Crippen molar-refractivity contribution in [2.75, 3.05) is 0 Å². The summed E-state index contributed by atoms with van der Waals surface area (Å²) in [6.07, 6.45) is 3.89. The molecule has 0 aliphatic heterocycles. The third kappa shape index (κ3) is 9.31. The van der Waals surface area contributed by atoms with Crippen molar-refractivity contribution in [1.82, 2.24) is 19.5 Å². The normalized spacial score (nSPS) is 12.7. The molecule has 0 aliphatic carbocycles. The zero-order chi connectivity index (χ0) is 49.7. The van der Waals surface area contributed by atoms with Crippen LogP contribution in [0.4, 0.5) is 0 Å². The Labute approximate surface area is 423 Å². The quantitative estimate of drug-likeness (QED) is 0.107. The molecule has 4 heterocycles. The van der Waals surface area contributed by atoms with Crippen LogP contribution in [0.15, 0.2) is 156 Å². The van der Waals surface area contributed by atoms with Gasteiger partial charge in [0.1, 0.15) is 5.58 Å². The average Bonchev–Trinajstić information content (AvgIpc) is 3.93. The number of rotatable bonds is 9. The Morgan fingerprint density at radius 2 is 1.41 bits per heavy atom. The van der Waals surface area contributed by atoms with E-state index < -0.39 is 20.1 Å². The van der Waals surface area contributed by atoms with E-state index in [1.807, 2.05) is 48.8 Å². The minimum Gasteiger partial charge on any atom is 0 e. The van der Waals surface area contributed by atoms with E-state index >= 15 is 0 Å². The number of furan rings is 1. The summed E-state index contributed by atoms with van der Waals surface area (Å²) in [5, 5.41) is 2.15. The van der Waals surface area contributed by atoms with Crippen LogP contribution in [0.5, 0.6) is 0 Å². The second-order valence-electron chi connectivity index (χ2n) is 19.8. The summed E-state index contributed by atoms with van der Waals surface area (Å²) in [5.41, 5.74) is 15.9. The Morgan fingerprint density at radius 1 is 0.735 bits per heavy atom. The molecule has 0 saturated carbocycles. The molecule has 0 N–H and O–H groups in total. The predicted molar refractivity (Wildman–Crippen MR) is 284 cm³/mol. The maximum atomic E-state index is 7.56. The van der Waals surface area contributed by atoms with Crippen LogP contribution < -0.4 is 4.40 Å². The van der Waals surface area contributed by atoms with Crippen molar-refractivity contribution in [1.29, 1.82) is 0 Å². The summed E-state index contributed by atoms with van der Waals surface area (Å²) in [6.45, 7) is 13.6. The van der Waals surface area contributed by atoms with E-state index in [0.717, 1.165) is 61.3 Å². The van der Waals surface area contributed by atoms with Crippen molar-refractivity contribution in [3.63, 3.8) is 0 Å². The van der Waals surface area contributed by atoms with Crippen molar-refractivity contribution in [3.8, 4) is 39.5 Å².